The molecular weight excluding hydrogens is 232 g/mol. The van der Waals surface area contributed by atoms with E-state index in [-0.39, 0.29) is 6.10 Å². The predicted molar refractivity (Wildman–Crippen MR) is 74.5 cm³/mol. The van der Waals surface area contributed by atoms with Gasteiger partial charge in [0.1, 0.15) is 0 Å². The lowest BCUT2D eigenvalue weighted by Crippen LogP contribution is -2.03. The fourth-order valence-electron chi connectivity index (χ4n) is 1.67. The second kappa shape index (κ2) is 9.26. The van der Waals surface area contributed by atoms with Gasteiger partial charge in [0.05, 0.1) is 6.10 Å². The van der Waals surface area contributed by atoms with Gasteiger partial charge in [0.2, 0.25) is 0 Å². The van der Waals surface area contributed by atoms with E-state index in [0.29, 0.717) is 0 Å². The molecule has 17 heavy (non-hydrogen) atoms. The van der Waals surface area contributed by atoms with E-state index in [9.17, 15) is 5.11 Å². The third-order valence-electron chi connectivity index (χ3n) is 2.68. The van der Waals surface area contributed by atoms with Gasteiger partial charge in [-0.1, -0.05) is 42.5 Å². The van der Waals surface area contributed by atoms with Crippen molar-refractivity contribution in [3.8, 4) is 0 Å². The Bertz CT molecular complexity index is 308. The van der Waals surface area contributed by atoms with Crippen LogP contribution >= 0.6 is 11.6 Å². The van der Waals surface area contributed by atoms with Crippen LogP contribution in [0.1, 0.15) is 31.2 Å². The van der Waals surface area contributed by atoms with Gasteiger partial charge in [0, 0.05) is 5.88 Å². The van der Waals surface area contributed by atoms with Crippen molar-refractivity contribution in [1.82, 2.24) is 0 Å². The van der Waals surface area contributed by atoms with Crippen molar-refractivity contribution in [1.29, 1.82) is 0 Å². The number of aryl methyl sites for hydroxylation is 1. The quantitative estimate of drug-likeness (QED) is 0.422. The van der Waals surface area contributed by atoms with Crippen molar-refractivity contribution in [3.05, 3.63) is 48.0 Å². The van der Waals surface area contributed by atoms with Crippen LogP contribution in [0.4, 0.5) is 0 Å². The molecule has 1 atom stereocenters. The van der Waals surface area contributed by atoms with E-state index < -0.39 is 0 Å². The molecule has 0 saturated carbocycles. The van der Waals surface area contributed by atoms with Gasteiger partial charge >= 0.3 is 0 Å². The summed E-state index contributed by atoms with van der Waals surface area (Å²) in [5.74, 6) is 0.727. The largest absolute Gasteiger partial charge is 0.389 e. The summed E-state index contributed by atoms with van der Waals surface area (Å²) < 4.78 is 0. The summed E-state index contributed by atoms with van der Waals surface area (Å²) in [4.78, 5) is 0. The molecule has 0 bridgehead atoms. The summed E-state index contributed by atoms with van der Waals surface area (Å²) in [6.45, 7) is 0. The highest BCUT2D eigenvalue weighted by molar-refractivity contribution is 6.17. The second-order valence-electron chi connectivity index (χ2n) is 4.20. The monoisotopic (exact) mass is 252 g/mol. The van der Waals surface area contributed by atoms with E-state index in [1.807, 2.05) is 24.3 Å². The highest BCUT2D eigenvalue weighted by Gasteiger charge is 1.99. The molecule has 1 rings (SSSR count). The zero-order chi connectivity index (χ0) is 12.3. The van der Waals surface area contributed by atoms with Crippen molar-refractivity contribution in [3.63, 3.8) is 0 Å². The molecule has 94 valence electrons. The zero-order valence-corrected chi connectivity index (χ0v) is 10.9. The minimum atomic E-state index is -0.328. The Morgan fingerprint density at radius 2 is 1.94 bits per heavy atom. The predicted octanol–water partition coefficient (Wildman–Crippen LogP) is 3.95. The molecule has 0 heterocycles. The van der Waals surface area contributed by atoms with Crippen LogP contribution in [0.5, 0.6) is 0 Å². The number of alkyl halides is 1. The second-order valence-corrected chi connectivity index (χ2v) is 4.58. The number of hydrogen-bond donors (Lipinski definition) is 1. The standard InChI is InChI=1S/C15H21ClO/c16-13-7-2-1-6-10-15(17)12-11-14-8-4-3-5-9-14/h3-6,8-10,15,17H,1-2,7,11-13H2/b10-6+. The van der Waals surface area contributed by atoms with Gasteiger partial charge in [0.15, 0.2) is 0 Å². The zero-order valence-electron chi connectivity index (χ0n) is 10.2. The van der Waals surface area contributed by atoms with Crippen molar-refractivity contribution < 1.29 is 5.11 Å². The average molecular weight is 253 g/mol. The molecule has 1 unspecified atom stereocenters. The highest BCUT2D eigenvalue weighted by atomic mass is 35.5. The van der Waals surface area contributed by atoms with E-state index in [1.54, 1.807) is 0 Å². The van der Waals surface area contributed by atoms with E-state index >= 15 is 0 Å². The molecule has 0 fully saturated rings. The molecule has 2 heteroatoms. The van der Waals surface area contributed by atoms with Gasteiger partial charge in [0.25, 0.3) is 0 Å². The molecular formula is C15H21ClO. The molecule has 1 N–H and O–H groups in total. The van der Waals surface area contributed by atoms with E-state index in [0.717, 1.165) is 38.0 Å². The summed E-state index contributed by atoms with van der Waals surface area (Å²) in [5, 5.41) is 9.75. The summed E-state index contributed by atoms with van der Waals surface area (Å²) in [7, 11) is 0. The molecule has 1 aromatic carbocycles. The highest BCUT2D eigenvalue weighted by Crippen LogP contribution is 2.06. The Labute approximate surface area is 109 Å². The lowest BCUT2D eigenvalue weighted by molar-refractivity contribution is 0.212. The normalized spacial score (nSPS) is 13.1. The molecule has 0 radical (unpaired) electrons. The first-order valence-electron chi connectivity index (χ1n) is 6.27. The molecule has 0 amide bonds. The molecule has 0 aromatic heterocycles. The van der Waals surface area contributed by atoms with Crippen LogP contribution in [0.25, 0.3) is 0 Å². The molecule has 0 spiro atoms. The van der Waals surface area contributed by atoms with Gasteiger partial charge in [-0.25, -0.2) is 0 Å². The number of hydrogen-bond acceptors (Lipinski definition) is 1. The van der Waals surface area contributed by atoms with Gasteiger partial charge in [-0.2, -0.15) is 0 Å². The van der Waals surface area contributed by atoms with Crippen molar-refractivity contribution in [2.75, 3.05) is 5.88 Å². The minimum Gasteiger partial charge on any atom is -0.389 e. The lowest BCUT2D eigenvalue weighted by atomic mass is 10.1. The maximum absolute atomic E-state index is 9.75. The Kier molecular flexibility index (Phi) is 7.78. The molecule has 0 aliphatic rings. The van der Waals surface area contributed by atoms with Gasteiger partial charge in [-0.05, 0) is 37.7 Å². The SMILES string of the molecule is OC(/C=C/CCCCCl)CCc1ccccc1. The molecule has 1 nitrogen and oxygen atoms in total. The summed E-state index contributed by atoms with van der Waals surface area (Å²) in [5.41, 5.74) is 1.28. The van der Waals surface area contributed by atoms with E-state index in [4.69, 9.17) is 11.6 Å². The Morgan fingerprint density at radius 1 is 1.18 bits per heavy atom. The first-order valence-corrected chi connectivity index (χ1v) is 6.81. The van der Waals surface area contributed by atoms with Crippen molar-refractivity contribution in [2.45, 2.75) is 38.2 Å². The van der Waals surface area contributed by atoms with Gasteiger partial charge < -0.3 is 5.11 Å². The van der Waals surface area contributed by atoms with Crippen LogP contribution in [0.2, 0.25) is 0 Å². The van der Waals surface area contributed by atoms with Crippen LogP contribution in [0.3, 0.4) is 0 Å². The Hall–Kier alpha value is -0.790. The number of benzene rings is 1. The topological polar surface area (TPSA) is 20.2 Å². The molecule has 0 saturated heterocycles. The third-order valence-corrected chi connectivity index (χ3v) is 2.95. The van der Waals surface area contributed by atoms with Gasteiger partial charge in [-0.3, -0.25) is 0 Å². The summed E-state index contributed by atoms with van der Waals surface area (Å²) in [6.07, 6.45) is 8.50. The summed E-state index contributed by atoms with van der Waals surface area (Å²) in [6, 6.07) is 10.3. The number of unbranched alkanes of at least 4 members (excludes halogenated alkanes) is 2. The number of rotatable bonds is 8. The van der Waals surface area contributed by atoms with Gasteiger partial charge in [-0.15, -0.1) is 11.6 Å². The first-order chi connectivity index (χ1) is 8.33. The fourth-order valence-corrected chi connectivity index (χ4v) is 1.85. The van der Waals surface area contributed by atoms with Crippen LogP contribution in [-0.4, -0.2) is 17.1 Å². The maximum atomic E-state index is 9.75. The van der Waals surface area contributed by atoms with E-state index in [2.05, 4.69) is 18.2 Å². The first kappa shape index (κ1) is 14.3. The van der Waals surface area contributed by atoms with Crippen LogP contribution < -0.4 is 0 Å². The fraction of sp³-hybridized carbons (Fsp3) is 0.467. The Balaban J connectivity index is 2.14. The minimum absolute atomic E-state index is 0.328. The van der Waals surface area contributed by atoms with E-state index in [1.165, 1.54) is 5.56 Å². The van der Waals surface area contributed by atoms with Crippen LogP contribution in [0, 0.1) is 0 Å². The van der Waals surface area contributed by atoms with Crippen LogP contribution in [0.15, 0.2) is 42.5 Å². The van der Waals surface area contributed by atoms with Crippen molar-refractivity contribution >= 4 is 11.6 Å². The number of aliphatic hydroxyl groups excluding tert-OH is 1. The molecule has 0 aliphatic heterocycles. The third kappa shape index (κ3) is 7.19. The van der Waals surface area contributed by atoms with Crippen molar-refractivity contribution in [2.24, 2.45) is 0 Å². The lowest BCUT2D eigenvalue weighted by Gasteiger charge is -2.05. The molecule has 1 aromatic rings. The van der Waals surface area contributed by atoms with Crippen LogP contribution in [-0.2, 0) is 6.42 Å². The maximum Gasteiger partial charge on any atom is 0.0724 e. The average Bonchev–Trinajstić information content (AvgIpc) is 2.37. The Morgan fingerprint density at radius 3 is 2.65 bits per heavy atom. The number of halogens is 1. The molecule has 0 aliphatic carbocycles. The summed E-state index contributed by atoms with van der Waals surface area (Å²) >= 11 is 5.59. The smallest absolute Gasteiger partial charge is 0.0724 e. The number of allylic oxidation sites excluding steroid dienone is 1. The number of aliphatic hydroxyl groups is 1.